The average Bonchev–Trinajstić information content (AvgIpc) is 3.16. The van der Waals surface area contributed by atoms with Gasteiger partial charge in [0.1, 0.15) is 0 Å². The molecule has 0 radical (unpaired) electrons. The number of carboxylic acids is 1. The highest BCUT2D eigenvalue weighted by Gasteiger charge is 2.29. The van der Waals surface area contributed by atoms with Crippen LogP contribution in [0.25, 0.3) is 11.3 Å². The first-order chi connectivity index (χ1) is 18.0. The van der Waals surface area contributed by atoms with Crippen molar-refractivity contribution in [3.05, 3.63) is 41.1 Å². The van der Waals surface area contributed by atoms with Gasteiger partial charge in [0.05, 0.1) is 16.6 Å². The molecule has 39 heavy (non-hydrogen) atoms. The molecule has 1 fully saturated rings. The van der Waals surface area contributed by atoms with Crippen molar-refractivity contribution in [2.75, 3.05) is 6.54 Å². The lowest BCUT2D eigenvalue weighted by Crippen LogP contribution is -2.39. The first-order valence-corrected chi connectivity index (χ1v) is 14.8. The number of nitrogens with one attached hydrogen (secondary N) is 2. The molecule has 0 aliphatic heterocycles. The van der Waals surface area contributed by atoms with Crippen LogP contribution in [-0.2, 0) is 16.9 Å². The summed E-state index contributed by atoms with van der Waals surface area (Å²) in [5.74, 6) is -0.673. The first kappa shape index (κ1) is 31.2. The van der Waals surface area contributed by atoms with Crippen molar-refractivity contribution >= 4 is 23.8 Å². The summed E-state index contributed by atoms with van der Waals surface area (Å²) in [4.78, 5) is 25.8. The number of carbonyl (C=O) groups is 2. The Kier molecular flexibility index (Phi) is 9.67. The normalized spacial score (nSPS) is 15.4. The van der Waals surface area contributed by atoms with E-state index in [9.17, 15) is 19.8 Å². The minimum atomic E-state index is -1.06. The molecule has 2 aromatic rings. The highest BCUT2D eigenvalue weighted by Crippen LogP contribution is 2.37. The Balaban J connectivity index is 2.05. The summed E-state index contributed by atoms with van der Waals surface area (Å²) in [5.41, 5.74) is 1.91. The number of amides is 1. The van der Waals surface area contributed by atoms with Gasteiger partial charge in [-0.3, -0.25) is 14.3 Å². The van der Waals surface area contributed by atoms with Crippen molar-refractivity contribution < 1.29 is 19.8 Å². The van der Waals surface area contributed by atoms with Crippen LogP contribution in [0.5, 0.6) is 0 Å². The third kappa shape index (κ3) is 8.12. The molecule has 4 N–H and O–H groups in total. The number of aromatic nitrogens is 1. The highest BCUT2D eigenvalue weighted by atomic mass is 32.2. The highest BCUT2D eigenvalue weighted by molar-refractivity contribution is 7.97. The zero-order valence-corrected chi connectivity index (χ0v) is 25.7. The van der Waals surface area contributed by atoms with Crippen LogP contribution in [0, 0.1) is 18.3 Å². The summed E-state index contributed by atoms with van der Waals surface area (Å²) in [5, 5.41) is 23.4. The number of hydrogen-bond acceptors (Lipinski definition) is 5. The quantitative estimate of drug-likeness (QED) is 0.248. The lowest BCUT2D eigenvalue weighted by molar-refractivity contribution is -0.146. The van der Waals surface area contributed by atoms with Crippen LogP contribution >= 0.6 is 11.9 Å². The van der Waals surface area contributed by atoms with E-state index >= 15 is 0 Å². The van der Waals surface area contributed by atoms with Crippen molar-refractivity contribution in [3.63, 3.8) is 0 Å². The summed E-state index contributed by atoms with van der Waals surface area (Å²) in [6.07, 6.45) is 6.08. The third-order valence-corrected chi connectivity index (χ3v) is 8.74. The second-order valence-corrected chi connectivity index (χ2v) is 14.1. The topological polar surface area (TPSA) is 104 Å². The maximum absolute atomic E-state index is 13.3. The fourth-order valence-corrected chi connectivity index (χ4v) is 5.88. The van der Waals surface area contributed by atoms with Crippen LogP contribution in [0.1, 0.15) is 102 Å². The summed E-state index contributed by atoms with van der Waals surface area (Å²) in [6.45, 7) is 15.9. The molecule has 1 aliphatic carbocycles. The molecule has 1 amide bonds. The number of hydrogen-bond donors (Lipinski definition) is 4. The van der Waals surface area contributed by atoms with Gasteiger partial charge in [-0.2, -0.15) is 0 Å². The van der Waals surface area contributed by atoms with E-state index in [0.717, 1.165) is 34.0 Å². The van der Waals surface area contributed by atoms with E-state index in [1.807, 2.05) is 25.1 Å². The molecule has 1 aliphatic rings. The number of nitrogens with zero attached hydrogens (tertiary/aromatic N) is 1. The molecule has 8 heteroatoms. The molecule has 216 valence electrons. The molecule has 1 aromatic heterocycles. The predicted octanol–water partition coefficient (Wildman–Crippen LogP) is 6.51. The van der Waals surface area contributed by atoms with E-state index in [2.05, 4.69) is 41.4 Å². The number of carboxylic acid groups (broad SMARTS) is 1. The van der Waals surface area contributed by atoms with Crippen LogP contribution in [0.4, 0.5) is 0 Å². The van der Waals surface area contributed by atoms with Crippen LogP contribution in [0.15, 0.2) is 29.2 Å². The maximum atomic E-state index is 13.3. The SMILES string of the molecule is Cc1c(C(=O)NCC(C)(C)C(=O)O)cc(-c2ccc(SNC(C)(C)C)c(C(C)(C)O)c2)n1CC1CCCCC1. The van der Waals surface area contributed by atoms with E-state index in [0.29, 0.717) is 11.5 Å². The van der Waals surface area contributed by atoms with Crippen LogP contribution < -0.4 is 10.0 Å². The van der Waals surface area contributed by atoms with E-state index < -0.39 is 17.0 Å². The second kappa shape index (κ2) is 12.1. The van der Waals surface area contributed by atoms with Gasteiger partial charge in [-0.1, -0.05) is 25.3 Å². The van der Waals surface area contributed by atoms with E-state index in [4.69, 9.17) is 0 Å². The summed E-state index contributed by atoms with van der Waals surface area (Å²) >= 11 is 1.51. The van der Waals surface area contributed by atoms with Crippen molar-refractivity contribution in [1.29, 1.82) is 0 Å². The molecular weight excluding hydrogens is 510 g/mol. The summed E-state index contributed by atoms with van der Waals surface area (Å²) < 4.78 is 5.69. The molecule has 1 saturated carbocycles. The van der Waals surface area contributed by atoms with Gasteiger partial charge in [0.2, 0.25) is 0 Å². The van der Waals surface area contributed by atoms with Crippen LogP contribution in [-0.4, -0.2) is 38.7 Å². The van der Waals surface area contributed by atoms with E-state index in [-0.39, 0.29) is 18.0 Å². The Morgan fingerprint density at radius 1 is 1.03 bits per heavy atom. The Labute approximate surface area is 238 Å². The smallest absolute Gasteiger partial charge is 0.310 e. The molecule has 1 heterocycles. The average molecular weight is 558 g/mol. The Morgan fingerprint density at radius 3 is 2.23 bits per heavy atom. The number of rotatable bonds is 10. The van der Waals surface area contributed by atoms with Crippen molar-refractivity contribution in [3.8, 4) is 11.3 Å². The number of benzene rings is 1. The Morgan fingerprint density at radius 2 is 1.67 bits per heavy atom. The number of aliphatic carboxylic acids is 1. The molecule has 0 saturated heterocycles. The molecule has 0 bridgehead atoms. The lowest BCUT2D eigenvalue weighted by Gasteiger charge is -2.26. The van der Waals surface area contributed by atoms with Gasteiger partial charge in [0.15, 0.2) is 0 Å². The van der Waals surface area contributed by atoms with Crippen LogP contribution in [0.2, 0.25) is 0 Å². The summed E-state index contributed by atoms with van der Waals surface area (Å²) in [7, 11) is 0. The van der Waals surface area contributed by atoms with Gasteiger partial charge in [-0.15, -0.1) is 0 Å². The van der Waals surface area contributed by atoms with Crippen LogP contribution in [0.3, 0.4) is 0 Å². The number of carbonyl (C=O) groups excluding carboxylic acids is 1. The zero-order chi connectivity index (χ0) is 29.2. The van der Waals surface area contributed by atoms with Crippen molar-refractivity contribution in [2.24, 2.45) is 11.3 Å². The standard InChI is InChI=1S/C31H47N3O4S/c1-20-23(27(35)32-19-30(5,6)28(36)37)17-25(34(20)18-21-12-10-9-11-13-21)22-14-15-26(39-33-29(2,3)4)24(16-22)31(7,8)38/h14-17,21,33,38H,9-13,18-19H2,1-8H3,(H,32,35)(H,36,37). The maximum Gasteiger partial charge on any atom is 0.310 e. The van der Waals surface area contributed by atoms with Crippen molar-refractivity contribution in [1.82, 2.24) is 14.6 Å². The minimum Gasteiger partial charge on any atom is -0.481 e. The van der Waals surface area contributed by atoms with Gasteiger partial charge in [-0.25, -0.2) is 0 Å². The van der Waals surface area contributed by atoms with E-state index in [1.54, 1.807) is 27.7 Å². The Hall–Kier alpha value is -2.29. The fraction of sp³-hybridized carbons (Fsp3) is 0.613. The summed E-state index contributed by atoms with van der Waals surface area (Å²) in [6, 6.07) is 8.05. The fourth-order valence-electron chi connectivity index (χ4n) is 4.91. The van der Waals surface area contributed by atoms with E-state index in [1.165, 1.54) is 44.1 Å². The molecule has 1 aromatic carbocycles. The van der Waals surface area contributed by atoms with Gasteiger partial charge < -0.3 is 20.1 Å². The zero-order valence-electron chi connectivity index (χ0n) is 24.9. The molecule has 0 atom stereocenters. The molecule has 3 rings (SSSR count). The first-order valence-electron chi connectivity index (χ1n) is 14.0. The monoisotopic (exact) mass is 557 g/mol. The van der Waals surface area contributed by atoms with Crippen molar-refractivity contribution in [2.45, 2.75) is 110 Å². The lowest BCUT2D eigenvalue weighted by atomic mass is 9.89. The second-order valence-electron chi connectivity index (χ2n) is 13.2. The van der Waals surface area contributed by atoms with Gasteiger partial charge in [0, 0.05) is 34.9 Å². The van der Waals surface area contributed by atoms with Gasteiger partial charge in [-0.05, 0) is 115 Å². The molecule has 0 unspecified atom stereocenters. The minimum absolute atomic E-state index is 0.0410. The molecular formula is C31H47N3O4S. The third-order valence-electron chi connectivity index (χ3n) is 7.45. The largest absolute Gasteiger partial charge is 0.481 e. The molecule has 7 nitrogen and oxygen atoms in total. The van der Waals surface area contributed by atoms with Gasteiger partial charge in [0.25, 0.3) is 5.91 Å². The number of aliphatic hydroxyl groups is 1. The van der Waals surface area contributed by atoms with Gasteiger partial charge >= 0.3 is 5.97 Å². The Bertz CT molecular complexity index is 1180. The predicted molar refractivity (Wildman–Crippen MR) is 159 cm³/mol. The molecule has 0 spiro atoms.